The van der Waals surface area contributed by atoms with Crippen LogP contribution >= 0.6 is 15.9 Å². The number of hydrogen-bond donors (Lipinski definition) is 2. The minimum absolute atomic E-state index is 0.212. The molecule has 1 fully saturated rings. The van der Waals surface area contributed by atoms with Crippen molar-refractivity contribution >= 4 is 15.9 Å². The topological polar surface area (TPSA) is 73.9 Å². The highest BCUT2D eigenvalue weighted by molar-refractivity contribution is 9.10. The van der Waals surface area contributed by atoms with Crippen LogP contribution in [0.3, 0.4) is 0 Å². The van der Waals surface area contributed by atoms with Gasteiger partial charge in [-0.05, 0) is 46.5 Å². The van der Waals surface area contributed by atoms with Crippen LogP contribution in [0.25, 0.3) is 0 Å². The molecule has 2 aliphatic heterocycles. The zero-order valence-corrected chi connectivity index (χ0v) is 12.7. The van der Waals surface area contributed by atoms with E-state index in [0.717, 1.165) is 22.9 Å². The molecule has 1 unspecified atom stereocenters. The van der Waals surface area contributed by atoms with Crippen LogP contribution in [0.2, 0.25) is 0 Å². The van der Waals surface area contributed by atoms with Crippen molar-refractivity contribution in [3.8, 4) is 11.5 Å². The maximum atomic E-state index is 10.8. The van der Waals surface area contributed by atoms with Gasteiger partial charge >= 0.3 is 0 Å². The zero-order chi connectivity index (χ0) is 14.2. The molecule has 0 spiro atoms. The van der Waals surface area contributed by atoms with Crippen LogP contribution in [0.4, 0.5) is 0 Å². The van der Waals surface area contributed by atoms with Gasteiger partial charge in [-0.1, -0.05) is 0 Å². The second-order valence-electron chi connectivity index (χ2n) is 5.32. The van der Waals surface area contributed by atoms with E-state index in [1.807, 2.05) is 12.1 Å². The largest absolute Gasteiger partial charge is 0.454 e. The van der Waals surface area contributed by atoms with Gasteiger partial charge in [0.2, 0.25) is 6.79 Å². The molecule has 2 aliphatic rings. The van der Waals surface area contributed by atoms with Gasteiger partial charge in [0.1, 0.15) is 0 Å². The number of aliphatic hydroxyl groups excluding tert-OH is 1. The van der Waals surface area contributed by atoms with Crippen molar-refractivity contribution in [1.82, 2.24) is 0 Å². The van der Waals surface area contributed by atoms with Crippen LogP contribution in [-0.4, -0.2) is 31.7 Å². The maximum Gasteiger partial charge on any atom is 0.231 e. The average molecular weight is 344 g/mol. The summed E-state index contributed by atoms with van der Waals surface area (Å²) in [5.41, 5.74) is 6.42. The van der Waals surface area contributed by atoms with Gasteiger partial charge in [-0.15, -0.1) is 0 Å². The lowest BCUT2D eigenvalue weighted by Gasteiger charge is -2.40. The standard InChI is InChI=1S/C14H18BrNO4/c15-10-5-9(6-11-12(10)20-8-19-11)13(17)14(7-16)1-3-18-4-2-14/h5-6,13,17H,1-4,7-8,16H2. The lowest BCUT2D eigenvalue weighted by molar-refractivity contribution is -0.0582. The Kier molecular flexibility index (Phi) is 3.90. The van der Waals surface area contributed by atoms with Crippen LogP contribution in [0.15, 0.2) is 16.6 Å². The Bertz CT molecular complexity index is 502. The number of halogens is 1. The zero-order valence-electron chi connectivity index (χ0n) is 11.1. The number of hydrogen-bond acceptors (Lipinski definition) is 5. The van der Waals surface area contributed by atoms with E-state index in [0.29, 0.717) is 31.3 Å². The second kappa shape index (κ2) is 5.52. The lowest BCUT2D eigenvalue weighted by Crippen LogP contribution is -2.41. The Morgan fingerprint density at radius 2 is 2.05 bits per heavy atom. The van der Waals surface area contributed by atoms with Gasteiger partial charge in [0.15, 0.2) is 11.5 Å². The van der Waals surface area contributed by atoms with Crippen molar-refractivity contribution < 1.29 is 19.3 Å². The molecule has 0 amide bonds. The summed E-state index contributed by atoms with van der Waals surface area (Å²) >= 11 is 3.46. The van der Waals surface area contributed by atoms with Crippen molar-refractivity contribution in [3.63, 3.8) is 0 Å². The monoisotopic (exact) mass is 343 g/mol. The van der Waals surface area contributed by atoms with Gasteiger partial charge in [0, 0.05) is 25.2 Å². The summed E-state index contributed by atoms with van der Waals surface area (Å²) in [4.78, 5) is 0. The quantitative estimate of drug-likeness (QED) is 0.877. The van der Waals surface area contributed by atoms with E-state index in [4.69, 9.17) is 19.9 Å². The molecule has 0 aliphatic carbocycles. The summed E-state index contributed by atoms with van der Waals surface area (Å²) in [6.45, 7) is 1.92. The molecule has 0 radical (unpaired) electrons. The Morgan fingerprint density at radius 1 is 1.30 bits per heavy atom. The van der Waals surface area contributed by atoms with Crippen molar-refractivity contribution in [2.24, 2.45) is 11.1 Å². The van der Waals surface area contributed by atoms with Gasteiger partial charge in [-0.25, -0.2) is 0 Å². The Labute approximate surface area is 126 Å². The second-order valence-corrected chi connectivity index (χ2v) is 6.17. The molecule has 1 aromatic rings. The van der Waals surface area contributed by atoms with E-state index < -0.39 is 6.10 Å². The first-order valence-electron chi connectivity index (χ1n) is 6.71. The van der Waals surface area contributed by atoms with Gasteiger partial charge in [0.05, 0.1) is 10.6 Å². The van der Waals surface area contributed by atoms with Crippen molar-refractivity contribution in [2.75, 3.05) is 26.6 Å². The molecule has 1 saturated heterocycles. The molecule has 0 saturated carbocycles. The van der Waals surface area contributed by atoms with E-state index in [9.17, 15) is 5.11 Å². The van der Waals surface area contributed by atoms with Crippen LogP contribution in [0.5, 0.6) is 11.5 Å². The highest BCUT2D eigenvalue weighted by atomic mass is 79.9. The molecule has 20 heavy (non-hydrogen) atoms. The molecule has 0 bridgehead atoms. The first-order chi connectivity index (χ1) is 9.66. The Balaban J connectivity index is 1.93. The number of fused-ring (bicyclic) bond motifs is 1. The highest BCUT2D eigenvalue weighted by Crippen LogP contribution is 2.46. The fourth-order valence-corrected chi connectivity index (χ4v) is 3.44. The van der Waals surface area contributed by atoms with Crippen molar-refractivity contribution in [3.05, 3.63) is 22.2 Å². The number of benzene rings is 1. The number of nitrogens with two attached hydrogens (primary N) is 1. The lowest BCUT2D eigenvalue weighted by atomic mass is 9.73. The SMILES string of the molecule is NCC1(C(O)c2cc(Br)c3c(c2)OCO3)CCOCC1. The van der Waals surface area contributed by atoms with Gasteiger partial charge in [-0.2, -0.15) is 0 Å². The van der Waals surface area contributed by atoms with E-state index in [-0.39, 0.29) is 12.2 Å². The van der Waals surface area contributed by atoms with Crippen molar-refractivity contribution in [1.29, 1.82) is 0 Å². The molecular formula is C14H18BrNO4. The first kappa shape index (κ1) is 14.1. The van der Waals surface area contributed by atoms with E-state index >= 15 is 0 Å². The fraction of sp³-hybridized carbons (Fsp3) is 0.571. The molecule has 110 valence electrons. The number of ether oxygens (including phenoxy) is 3. The molecule has 1 atom stereocenters. The van der Waals surface area contributed by atoms with E-state index in [1.54, 1.807) is 0 Å². The average Bonchev–Trinajstić information content (AvgIpc) is 2.96. The molecule has 0 aromatic heterocycles. The first-order valence-corrected chi connectivity index (χ1v) is 7.50. The number of rotatable bonds is 3. The van der Waals surface area contributed by atoms with Crippen LogP contribution < -0.4 is 15.2 Å². The molecule has 3 N–H and O–H groups in total. The smallest absolute Gasteiger partial charge is 0.231 e. The minimum Gasteiger partial charge on any atom is -0.454 e. The predicted octanol–water partition coefficient (Wildman–Crippen LogP) is 1.97. The summed E-state index contributed by atoms with van der Waals surface area (Å²) in [7, 11) is 0. The molecule has 6 heteroatoms. The molecule has 5 nitrogen and oxygen atoms in total. The Morgan fingerprint density at radius 3 is 2.75 bits per heavy atom. The molecule has 1 aromatic carbocycles. The van der Waals surface area contributed by atoms with Crippen LogP contribution in [0, 0.1) is 5.41 Å². The van der Waals surface area contributed by atoms with Crippen LogP contribution in [0.1, 0.15) is 24.5 Å². The van der Waals surface area contributed by atoms with E-state index in [2.05, 4.69) is 15.9 Å². The predicted molar refractivity (Wildman–Crippen MR) is 76.8 cm³/mol. The highest BCUT2D eigenvalue weighted by Gasteiger charge is 2.40. The third-order valence-corrected chi connectivity index (χ3v) is 4.83. The fourth-order valence-electron chi connectivity index (χ4n) is 2.87. The van der Waals surface area contributed by atoms with Gasteiger partial charge in [0.25, 0.3) is 0 Å². The summed E-state index contributed by atoms with van der Waals surface area (Å²) in [5.74, 6) is 1.35. The maximum absolute atomic E-state index is 10.8. The van der Waals surface area contributed by atoms with Crippen LogP contribution in [-0.2, 0) is 4.74 Å². The van der Waals surface area contributed by atoms with Gasteiger partial charge < -0.3 is 25.1 Å². The number of aliphatic hydroxyl groups is 1. The molecule has 3 rings (SSSR count). The Hall–Kier alpha value is -0.820. The summed E-state index contributed by atoms with van der Waals surface area (Å²) < 4.78 is 17.0. The normalized spacial score (nSPS) is 21.8. The molecule has 2 heterocycles. The summed E-state index contributed by atoms with van der Waals surface area (Å²) in [6.07, 6.45) is 0.884. The van der Waals surface area contributed by atoms with Gasteiger partial charge in [-0.3, -0.25) is 0 Å². The van der Waals surface area contributed by atoms with E-state index in [1.165, 1.54) is 0 Å². The summed E-state index contributed by atoms with van der Waals surface area (Å²) in [5, 5.41) is 10.8. The third kappa shape index (κ3) is 2.30. The molecular weight excluding hydrogens is 326 g/mol. The third-order valence-electron chi connectivity index (χ3n) is 4.24. The minimum atomic E-state index is -0.637. The van der Waals surface area contributed by atoms with Crippen molar-refractivity contribution in [2.45, 2.75) is 18.9 Å². The summed E-state index contributed by atoms with van der Waals surface area (Å²) in [6, 6.07) is 3.72.